The first-order valence-electron chi connectivity index (χ1n) is 5.01. The third-order valence-electron chi connectivity index (χ3n) is 2.43. The van der Waals surface area contributed by atoms with Crippen LogP contribution in [0.3, 0.4) is 0 Å². The highest BCUT2D eigenvalue weighted by molar-refractivity contribution is 6.41. The van der Waals surface area contributed by atoms with Crippen molar-refractivity contribution in [1.82, 2.24) is 0 Å². The topological polar surface area (TPSA) is 17.1 Å². The largest absolute Gasteiger partial charge is 0.288 e. The van der Waals surface area contributed by atoms with E-state index in [4.69, 9.17) is 23.2 Å². The van der Waals surface area contributed by atoms with Crippen LogP contribution in [-0.2, 0) is 0 Å². The molecule has 0 aliphatic heterocycles. The molecule has 0 N–H and O–H groups in total. The van der Waals surface area contributed by atoms with E-state index in [-0.39, 0.29) is 5.78 Å². The minimum atomic E-state index is -0.189. The van der Waals surface area contributed by atoms with Crippen LogP contribution >= 0.6 is 23.2 Å². The van der Waals surface area contributed by atoms with Crippen LogP contribution in [0, 0.1) is 6.92 Å². The van der Waals surface area contributed by atoms with Crippen LogP contribution in [0.1, 0.15) is 21.5 Å². The lowest BCUT2D eigenvalue weighted by atomic mass is 10.0. The van der Waals surface area contributed by atoms with Crippen LogP contribution in [-0.4, -0.2) is 5.78 Å². The highest BCUT2D eigenvalue weighted by Gasteiger charge is 2.17. The lowest BCUT2D eigenvalue weighted by molar-refractivity contribution is 0.103. The molecule has 0 saturated carbocycles. The minimum absolute atomic E-state index is 0.189. The zero-order chi connectivity index (χ0) is 12.4. The van der Waals surface area contributed by atoms with Crippen molar-refractivity contribution >= 4 is 29.0 Å². The predicted molar refractivity (Wildman–Crippen MR) is 70.8 cm³/mol. The maximum atomic E-state index is 12.2. The monoisotopic (exact) mass is 263 g/mol. The van der Waals surface area contributed by atoms with Gasteiger partial charge in [-0.05, 0) is 18.6 Å². The molecule has 0 unspecified atom stereocenters. The Bertz CT molecular complexity index is 562. The molecular weight excluding hydrogens is 255 g/mol. The Balaban J connectivity index is 2.56. The van der Waals surface area contributed by atoms with Crippen molar-refractivity contribution in [2.45, 2.75) is 0 Å². The normalized spacial score (nSPS) is 10.3. The quantitative estimate of drug-likeness (QED) is 0.734. The Labute approximate surface area is 110 Å². The first-order valence-corrected chi connectivity index (χ1v) is 5.76. The van der Waals surface area contributed by atoms with Crippen molar-refractivity contribution in [3.8, 4) is 0 Å². The summed E-state index contributed by atoms with van der Waals surface area (Å²) in [5.41, 5.74) is 1.46. The molecule has 0 atom stereocenters. The lowest BCUT2D eigenvalue weighted by Crippen LogP contribution is -2.03. The summed E-state index contributed by atoms with van der Waals surface area (Å²) in [7, 11) is 0. The number of hydrogen-bond donors (Lipinski definition) is 0. The van der Waals surface area contributed by atoms with Crippen LogP contribution in [0.2, 0.25) is 10.0 Å². The molecule has 0 aliphatic carbocycles. The van der Waals surface area contributed by atoms with Gasteiger partial charge in [0.1, 0.15) is 0 Å². The van der Waals surface area contributed by atoms with Crippen molar-refractivity contribution < 1.29 is 4.79 Å². The first-order chi connectivity index (χ1) is 8.11. The second-order valence-electron chi connectivity index (χ2n) is 3.59. The number of carbonyl (C=O) groups is 1. The molecule has 0 bridgehead atoms. The summed E-state index contributed by atoms with van der Waals surface area (Å²) < 4.78 is 0. The Morgan fingerprint density at radius 1 is 1.00 bits per heavy atom. The van der Waals surface area contributed by atoms with Gasteiger partial charge < -0.3 is 0 Å². The molecular formula is C14H9Cl2O. The predicted octanol–water partition coefficient (Wildman–Crippen LogP) is 4.41. The fourth-order valence-corrected chi connectivity index (χ4v) is 2.08. The Morgan fingerprint density at radius 2 is 1.65 bits per heavy atom. The molecule has 1 radical (unpaired) electrons. The van der Waals surface area contributed by atoms with E-state index in [0.29, 0.717) is 26.7 Å². The molecule has 85 valence electrons. The number of carbonyl (C=O) groups excluding carboxylic acids is 1. The molecule has 3 heteroatoms. The van der Waals surface area contributed by atoms with Crippen molar-refractivity contribution in [2.75, 3.05) is 0 Å². The average Bonchev–Trinajstić information content (AvgIpc) is 2.35. The minimum Gasteiger partial charge on any atom is -0.288 e. The second kappa shape index (κ2) is 4.91. The third kappa shape index (κ3) is 2.36. The maximum Gasteiger partial charge on any atom is 0.196 e. The van der Waals surface area contributed by atoms with Crippen LogP contribution in [0.5, 0.6) is 0 Å². The summed E-state index contributed by atoms with van der Waals surface area (Å²) in [6.45, 7) is 3.76. The van der Waals surface area contributed by atoms with E-state index in [9.17, 15) is 4.79 Å². The van der Waals surface area contributed by atoms with Gasteiger partial charge in [0.15, 0.2) is 5.78 Å². The summed E-state index contributed by atoms with van der Waals surface area (Å²) in [4.78, 5) is 12.2. The molecule has 0 amide bonds. The van der Waals surface area contributed by atoms with E-state index >= 15 is 0 Å². The average molecular weight is 264 g/mol. The standard InChI is InChI=1S/C14H9Cl2O/c1-9-7-8-11(15)12(13(9)16)14(17)10-5-3-2-4-6-10/h2-8H,1H2. The van der Waals surface area contributed by atoms with Gasteiger partial charge in [-0.25, -0.2) is 0 Å². The molecule has 0 aromatic heterocycles. The highest BCUT2D eigenvalue weighted by atomic mass is 35.5. The molecule has 2 rings (SSSR count). The molecule has 1 nitrogen and oxygen atoms in total. The molecule has 2 aromatic rings. The van der Waals surface area contributed by atoms with Gasteiger partial charge in [0.2, 0.25) is 0 Å². The Morgan fingerprint density at radius 3 is 2.29 bits per heavy atom. The van der Waals surface area contributed by atoms with E-state index in [2.05, 4.69) is 6.92 Å². The summed E-state index contributed by atoms with van der Waals surface area (Å²) in [6.07, 6.45) is 0. The van der Waals surface area contributed by atoms with Gasteiger partial charge in [0, 0.05) is 5.56 Å². The van der Waals surface area contributed by atoms with Crippen molar-refractivity contribution in [2.24, 2.45) is 0 Å². The van der Waals surface area contributed by atoms with E-state index in [0.717, 1.165) is 0 Å². The van der Waals surface area contributed by atoms with Crippen molar-refractivity contribution in [3.05, 3.63) is 76.1 Å². The van der Waals surface area contributed by atoms with E-state index in [1.165, 1.54) is 0 Å². The van der Waals surface area contributed by atoms with Crippen LogP contribution in [0.25, 0.3) is 0 Å². The number of rotatable bonds is 2. The van der Waals surface area contributed by atoms with Gasteiger partial charge in [-0.3, -0.25) is 4.79 Å². The second-order valence-corrected chi connectivity index (χ2v) is 4.38. The fourth-order valence-electron chi connectivity index (χ4n) is 1.54. The highest BCUT2D eigenvalue weighted by Crippen LogP contribution is 2.29. The molecule has 2 aromatic carbocycles. The van der Waals surface area contributed by atoms with E-state index in [1.807, 2.05) is 6.07 Å². The maximum absolute atomic E-state index is 12.2. The summed E-state index contributed by atoms with van der Waals surface area (Å²) in [6, 6.07) is 12.2. The first kappa shape index (κ1) is 12.2. The zero-order valence-electron chi connectivity index (χ0n) is 8.91. The summed E-state index contributed by atoms with van der Waals surface area (Å²) in [5.74, 6) is -0.189. The Kier molecular flexibility index (Phi) is 3.51. The SMILES string of the molecule is [CH2]c1ccc(Cl)c(C(=O)c2ccccc2)c1Cl. The van der Waals surface area contributed by atoms with Crippen molar-refractivity contribution in [3.63, 3.8) is 0 Å². The molecule has 0 fully saturated rings. The molecule has 17 heavy (non-hydrogen) atoms. The van der Waals surface area contributed by atoms with Gasteiger partial charge in [-0.15, -0.1) is 0 Å². The van der Waals surface area contributed by atoms with Gasteiger partial charge in [-0.1, -0.05) is 59.6 Å². The summed E-state index contributed by atoms with van der Waals surface area (Å²) in [5, 5.41) is 0.655. The van der Waals surface area contributed by atoms with Gasteiger partial charge >= 0.3 is 0 Å². The smallest absolute Gasteiger partial charge is 0.196 e. The molecule has 0 spiro atoms. The zero-order valence-corrected chi connectivity index (χ0v) is 10.4. The fraction of sp³-hybridized carbons (Fsp3) is 0. The van der Waals surface area contributed by atoms with E-state index in [1.54, 1.807) is 36.4 Å². The van der Waals surface area contributed by atoms with Crippen LogP contribution in [0.15, 0.2) is 42.5 Å². The van der Waals surface area contributed by atoms with Gasteiger partial charge in [-0.2, -0.15) is 0 Å². The van der Waals surface area contributed by atoms with Crippen LogP contribution < -0.4 is 0 Å². The van der Waals surface area contributed by atoms with Crippen LogP contribution in [0.4, 0.5) is 0 Å². The van der Waals surface area contributed by atoms with Gasteiger partial charge in [0.25, 0.3) is 0 Å². The lowest BCUT2D eigenvalue weighted by Gasteiger charge is -2.08. The summed E-state index contributed by atoms with van der Waals surface area (Å²) >= 11 is 12.1. The molecule has 0 saturated heterocycles. The van der Waals surface area contributed by atoms with E-state index < -0.39 is 0 Å². The number of hydrogen-bond acceptors (Lipinski definition) is 1. The number of benzene rings is 2. The molecule has 0 aliphatic rings. The number of ketones is 1. The number of halogens is 2. The van der Waals surface area contributed by atoms with Gasteiger partial charge in [0.05, 0.1) is 15.6 Å². The third-order valence-corrected chi connectivity index (χ3v) is 3.18. The molecule has 0 heterocycles. The Hall–Kier alpha value is -1.31. The van der Waals surface area contributed by atoms with Crippen molar-refractivity contribution in [1.29, 1.82) is 0 Å².